The first-order valence-corrected chi connectivity index (χ1v) is 11.2. The van der Waals surface area contributed by atoms with Gasteiger partial charge in [-0.1, -0.05) is 49.4 Å². The number of guanidine groups is 1. The van der Waals surface area contributed by atoms with Gasteiger partial charge in [0, 0.05) is 13.6 Å². The molecule has 1 unspecified atom stereocenters. The molecule has 170 valence electrons. The van der Waals surface area contributed by atoms with Gasteiger partial charge in [-0.25, -0.2) is 4.99 Å². The summed E-state index contributed by atoms with van der Waals surface area (Å²) in [5, 5.41) is 15.3. The van der Waals surface area contributed by atoms with E-state index in [0.717, 1.165) is 49.4 Å². The van der Waals surface area contributed by atoms with Crippen LogP contribution < -0.4 is 15.4 Å². The highest BCUT2D eigenvalue weighted by molar-refractivity contribution is 5.80. The Balaban J connectivity index is 1.65. The first-order valence-electron chi connectivity index (χ1n) is 11.2. The van der Waals surface area contributed by atoms with Crippen LogP contribution in [0.1, 0.15) is 49.1 Å². The molecular formula is C25H34N6O. The van der Waals surface area contributed by atoms with Crippen LogP contribution in [0.15, 0.2) is 59.6 Å². The van der Waals surface area contributed by atoms with Crippen LogP contribution in [0.5, 0.6) is 5.75 Å². The van der Waals surface area contributed by atoms with E-state index >= 15 is 0 Å². The molecule has 0 bridgehead atoms. The predicted octanol–water partition coefficient (Wildman–Crippen LogP) is 3.95. The Morgan fingerprint density at radius 1 is 1.12 bits per heavy atom. The van der Waals surface area contributed by atoms with Gasteiger partial charge in [-0.3, -0.25) is 0 Å². The van der Waals surface area contributed by atoms with Crippen LogP contribution in [-0.4, -0.2) is 33.9 Å². The summed E-state index contributed by atoms with van der Waals surface area (Å²) in [7, 11) is 1.96. The number of aryl methyl sites for hydroxylation is 1. The fourth-order valence-electron chi connectivity index (χ4n) is 3.26. The molecule has 0 saturated carbocycles. The molecule has 0 amide bonds. The Morgan fingerprint density at radius 3 is 2.66 bits per heavy atom. The Morgan fingerprint density at radius 2 is 1.94 bits per heavy atom. The summed E-state index contributed by atoms with van der Waals surface area (Å²) < 4.78 is 7.72. The average molecular weight is 435 g/mol. The van der Waals surface area contributed by atoms with Gasteiger partial charge in [0.2, 0.25) is 0 Å². The van der Waals surface area contributed by atoms with Gasteiger partial charge in [-0.2, -0.15) is 0 Å². The van der Waals surface area contributed by atoms with E-state index in [-0.39, 0.29) is 6.04 Å². The molecule has 0 aliphatic rings. The average Bonchev–Trinajstić information content (AvgIpc) is 3.14. The van der Waals surface area contributed by atoms with E-state index in [2.05, 4.69) is 58.9 Å². The molecule has 0 saturated heterocycles. The smallest absolute Gasteiger partial charge is 0.192 e. The molecule has 2 aromatic carbocycles. The minimum atomic E-state index is 0.120. The number of benzene rings is 2. The number of ether oxygens (including phenoxy) is 1. The summed E-state index contributed by atoms with van der Waals surface area (Å²) in [6.45, 7) is 8.12. The first-order chi connectivity index (χ1) is 15.6. The SMILES string of the molecule is CCCOc1cccc(CCNC(=NCc2nnc(C)n2C)NC(C)c2ccccc2)c1. The maximum atomic E-state index is 5.75. The van der Waals surface area contributed by atoms with Gasteiger partial charge < -0.3 is 19.9 Å². The zero-order valence-corrected chi connectivity index (χ0v) is 19.5. The number of nitrogens with one attached hydrogen (secondary N) is 2. The Bertz CT molecular complexity index is 999. The van der Waals surface area contributed by atoms with Crippen molar-refractivity contribution in [2.45, 2.75) is 46.2 Å². The molecule has 2 N–H and O–H groups in total. The lowest BCUT2D eigenvalue weighted by Crippen LogP contribution is -2.39. The van der Waals surface area contributed by atoms with Crippen molar-refractivity contribution in [1.29, 1.82) is 0 Å². The zero-order valence-electron chi connectivity index (χ0n) is 19.5. The summed E-state index contributed by atoms with van der Waals surface area (Å²) in [5.74, 6) is 3.38. The third-order valence-corrected chi connectivity index (χ3v) is 5.29. The van der Waals surface area contributed by atoms with Gasteiger partial charge >= 0.3 is 0 Å². The standard InChI is InChI=1S/C25H34N6O/c1-5-16-32-23-13-9-10-21(17-23)14-15-26-25(27-18-24-30-29-20(3)31(24)4)28-19(2)22-11-7-6-8-12-22/h6-13,17,19H,5,14-16,18H2,1-4H3,(H2,26,27,28). The molecule has 0 aliphatic carbocycles. The highest BCUT2D eigenvalue weighted by atomic mass is 16.5. The van der Waals surface area contributed by atoms with E-state index in [4.69, 9.17) is 9.73 Å². The van der Waals surface area contributed by atoms with Crippen molar-refractivity contribution in [3.8, 4) is 5.75 Å². The second-order valence-electron chi connectivity index (χ2n) is 7.84. The van der Waals surface area contributed by atoms with E-state index in [0.29, 0.717) is 6.54 Å². The van der Waals surface area contributed by atoms with Crippen LogP contribution in [0, 0.1) is 6.92 Å². The molecule has 3 aromatic rings. The molecule has 0 spiro atoms. The van der Waals surface area contributed by atoms with Crippen molar-refractivity contribution in [2.75, 3.05) is 13.2 Å². The van der Waals surface area contributed by atoms with E-state index in [9.17, 15) is 0 Å². The van der Waals surface area contributed by atoms with Gasteiger partial charge in [0.05, 0.1) is 12.6 Å². The molecule has 1 aromatic heterocycles. The maximum Gasteiger partial charge on any atom is 0.192 e. The van der Waals surface area contributed by atoms with Crippen molar-refractivity contribution >= 4 is 5.96 Å². The molecule has 1 heterocycles. The summed E-state index contributed by atoms with van der Waals surface area (Å²) in [6.07, 6.45) is 1.87. The Kier molecular flexibility index (Phi) is 8.66. The van der Waals surface area contributed by atoms with Crippen molar-refractivity contribution in [3.63, 3.8) is 0 Å². The number of aliphatic imine (C=N–C) groups is 1. The normalized spacial score (nSPS) is 12.4. The second kappa shape index (κ2) is 11.9. The minimum absolute atomic E-state index is 0.120. The van der Waals surface area contributed by atoms with Crippen molar-refractivity contribution in [3.05, 3.63) is 77.4 Å². The van der Waals surface area contributed by atoms with Gasteiger partial charge in [-0.15, -0.1) is 10.2 Å². The quantitative estimate of drug-likeness (QED) is 0.373. The molecule has 0 radical (unpaired) electrons. The monoisotopic (exact) mass is 434 g/mol. The maximum absolute atomic E-state index is 5.75. The lowest BCUT2D eigenvalue weighted by Gasteiger charge is -2.19. The molecule has 0 aliphatic heterocycles. The van der Waals surface area contributed by atoms with Crippen LogP contribution in [-0.2, 0) is 20.0 Å². The number of nitrogens with zero attached hydrogens (tertiary/aromatic N) is 4. The molecule has 1 atom stereocenters. The van der Waals surface area contributed by atoms with E-state index < -0.39 is 0 Å². The van der Waals surface area contributed by atoms with E-state index in [1.165, 1.54) is 11.1 Å². The predicted molar refractivity (Wildman–Crippen MR) is 129 cm³/mol. The zero-order chi connectivity index (χ0) is 22.8. The van der Waals surface area contributed by atoms with Crippen molar-refractivity contribution < 1.29 is 4.74 Å². The molecule has 7 heteroatoms. The van der Waals surface area contributed by atoms with E-state index in [1.54, 1.807) is 0 Å². The third kappa shape index (κ3) is 6.83. The lowest BCUT2D eigenvalue weighted by molar-refractivity contribution is 0.317. The molecule has 3 rings (SSSR count). The first kappa shape index (κ1) is 23.3. The van der Waals surface area contributed by atoms with Crippen LogP contribution in [0.4, 0.5) is 0 Å². The third-order valence-electron chi connectivity index (χ3n) is 5.29. The summed E-state index contributed by atoms with van der Waals surface area (Å²) in [5.41, 5.74) is 2.43. The van der Waals surface area contributed by atoms with Gasteiger partial charge in [0.1, 0.15) is 18.1 Å². The number of rotatable bonds is 10. The summed E-state index contributed by atoms with van der Waals surface area (Å²) in [6, 6.07) is 18.8. The summed E-state index contributed by atoms with van der Waals surface area (Å²) in [4.78, 5) is 4.77. The van der Waals surface area contributed by atoms with Crippen LogP contribution in [0.2, 0.25) is 0 Å². The second-order valence-corrected chi connectivity index (χ2v) is 7.84. The van der Waals surface area contributed by atoms with Crippen molar-refractivity contribution in [2.24, 2.45) is 12.0 Å². The van der Waals surface area contributed by atoms with Crippen molar-refractivity contribution in [1.82, 2.24) is 25.4 Å². The number of aromatic nitrogens is 3. The van der Waals surface area contributed by atoms with E-state index in [1.807, 2.05) is 48.9 Å². The lowest BCUT2D eigenvalue weighted by atomic mass is 10.1. The number of hydrogen-bond acceptors (Lipinski definition) is 4. The van der Waals surface area contributed by atoms with Crippen LogP contribution in [0.25, 0.3) is 0 Å². The minimum Gasteiger partial charge on any atom is -0.494 e. The highest BCUT2D eigenvalue weighted by Gasteiger charge is 2.10. The van der Waals surface area contributed by atoms with Gasteiger partial charge in [0.15, 0.2) is 11.8 Å². The fourth-order valence-corrected chi connectivity index (χ4v) is 3.26. The molecule has 32 heavy (non-hydrogen) atoms. The Hall–Kier alpha value is -3.35. The molecular weight excluding hydrogens is 400 g/mol. The highest BCUT2D eigenvalue weighted by Crippen LogP contribution is 2.14. The Labute approximate surface area is 190 Å². The fraction of sp³-hybridized carbons (Fsp3) is 0.400. The van der Waals surface area contributed by atoms with Gasteiger partial charge in [-0.05, 0) is 49.9 Å². The van der Waals surface area contributed by atoms with Crippen LogP contribution >= 0.6 is 0 Å². The molecule has 7 nitrogen and oxygen atoms in total. The molecule has 0 fully saturated rings. The van der Waals surface area contributed by atoms with Crippen LogP contribution in [0.3, 0.4) is 0 Å². The topological polar surface area (TPSA) is 76.4 Å². The largest absolute Gasteiger partial charge is 0.494 e. The summed E-state index contributed by atoms with van der Waals surface area (Å²) >= 11 is 0. The van der Waals surface area contributed by atoms with Gasteiger partial charge in [0.25, 0.3) is 0 Å². The number of hydrogen-bond donors (Lipinski definition) is 2.